The second-order valence-corrected chi connectivity index (χ2v) is 9.71. The van der Waals surface area contributed by atoms with Crippen LogP contribution in [0.3, 0.4) is 0 Å². The van der Waals surface area contributed by atoms with Gasteiger partial charge in [-0.15, -0.1) is 0 Å². The SMILES string of the molecule is CCCN1C(=O)/C(=C/c2c(N3C[C@@H](C)O[C@H](C)C3)nc3c(C)cccn3c2=O)SC1=S. The summed E-state index contributed by atoms with van der Waals surface area (Å²) in [5, 5.41) is 0. The number of aromatic nitrogens is 2. The minimum absolute atomic E-state index is 0.0106. The van der Waals surface area contributed by atoms with Crippen molar-refractivity contribution in [3.63, 3.8) is 0 Å². The van der Waals surface area contributed by atoms with Crippen LogP contribution in [0.2, 0.25) is 0 Å². The van der Waals surface area contributed by atoms with Gasteiger partial charge in [0.1, 0.15) is 15.8 Å². The van der Waals surface area contributed by atoms with E-state index >= 15 is 0 Å². The van der Waals surface area contributed by atoms with Gasteiger partial charge in [-0.1, -0.05) is 37.0 Å². The van der Waals surface area contributed by atoms with Gasteiger partial charge in [-0.25, -0.2) is 4.98 Å². The Morgan fingerprint density at radius 1 is 1.29 bits per heavy atom. The molecule has 2 aliphatic rings. The number of carbonyl (C=O) groups is 1. The quantitative estimate of drug-likeness (QED) is 0.515. The molecule has 9 heteroatoms. The van der Waals surface area contributed by atoms with Crippen LogP contribution in [0, 0.1) is 6.92 Å². The highest BCUT2D eigenvalue weighted by atomic mass is 32.2. The lowest BCUT2D eigenvalue weighted by atomic mass is 10.1. The molecule has 2 aliphatic heterocycles. The van der Waals surface area contributed by atoms with Gasteiger partial charge >= 0.3 is 0 Å². The lowest BCUT2D eigenvalue weighted by molar-refractivity contribution is -0.122. The van der Waals surface area contributed by atoms with Crippen molar-refractivity contribution in [3.05, 3.63) is 44.7 Å². The number of hydrogen-bond donors (Lipinski definition) is 0. The zero-order valence-electron chi connectivity index (χ0n) is 18.1. The standard InChI is InChI=1S/C22H26N4O3S2/c1-5-8-26-21(28)17(31-22(26)30)10-16-19(24-11-14(3)29-15(4)12-24)23-18-13(2)7-6-9-25(18)20(16)27/h6-7,9-10,14-15H,5,8,11-12H2,1-4H3/b17-10-/t14-,15-/m1/s1. The summed E-state index contributed by atoms with van der Waals surface area (Å²) in [7, 11) is 0. The van der Waals surface area contributed by atoms with Gasteiger partial charge < -0.3 is 9.64 Å². The molecule has 4 rings (SSSR count). The number of carbonyl (C=O) groups excluding carboxylic acids is 1. The highest BCUT2D eigenvalue weighted by molar-refractivity contribution is 8.26. The van der Waals surface area contributed by atoms with Gasteiger partial charge in [-0.2, -0.15) is 0 Å². The Bertz CT molecular complexity index is 1130. The van der Waals surface area contributed by atoms with Crippen molar-refractivity contribution in [2.45, 2.75) is 46.3 Å². The fourth-order valence-corrected chi connectivity index (χ4v) is 5.36. The normalized spacial score (nSPS) is 23.4. The Kier molecular flexibility index (Phi) is 6.18. The molecule has 2 fully saturated rings. The largest absolute Gasteiger partial charge is 0.372 e. The van der Waals surface area contributed by atoms with E-state index in [1.165, 1.54) is 11.8 Å². The Labute approximate surface area is 191 Å². The fourth-order valence-electron chi connectivity index (χ4n) is 4.07. The number of morpholine rings is 1. The van der Waals surface area contributed by atoms with E-state index in [2.05, 4.69) is 4.90 Å². The smallest absolute Gasteiger partial charge is 0.267 e. The lowest BCUT2D eigenvalue weighted by Crippen LogP contribution is -2.46. The van der Waals surface area contributed by atoms with Crippen LogP contribution in [0.4, 0.5) is 5.82 Å². The Morgan fingerprint density at radius 3 is 2.68 bits per heavy atom. The number of thiocarbonyl (C=S) groups is 1. The third-order valence-corrected chi connectivity index (χ3v) is 6.76. The molecule has 0 saturated carbocycles. The summed E-state index contributed by atoms with van der Waals surface area (Å²) < 4.78 is 7.95. The number of aryl methyl sites for hydroxylation is 1. The number of fused-ring (bicyclic) bond motifs is 1. The monoisotopic (exact) mass is 458 g/mol. The van der Waals surface area contributed by atoms with Gasteiger partial charge in [-0.05, 0) is 44.9 Å². The summed E-state index contributed by atoms with van der Waals surface area (Å²) in [6.07, 6.45) is 4.21. The van der Waals surface area contributed by atoms with Crippen molar-refractivity contribution in [3.8, 4) is 0 Å². The number of pyridine rings is 1. The zero-order chi connectivity index (χ0) is 22.3. The Balaban J connectivity index is 1.89. The number of anilines is 1. The first kappa shape index (κ1) is 22.0. The van der Waals surface area contributed by atoms with E-state index in [-0.39, 0.29) is 23.7 Å². The first-order valence-corrected chi connectivity index (χ1v) is 11.7. The summed E-state index contributed by atoms with van der Waals surface area (Å²) in [4.78, 5) is 35.5. The molecule has 2 atom stereocenters. The van der Waals surface area contributed by atoms with Crippen molar-refractivity contribution in [1.82, 2.24) is 14.3 Å². The van der Waals surface area contributed by atoms with Crippen molar-refractivity contribution < 1.29 is 9.53 Å². The topological polar surface area (TPSA) is 67.2 Å². The van der Waals surface area contributed by atoms with Crippen molar-refractivity contribution in [2.75, 3.05) is 24.5 Å². The fraction of sp³-hybridized carbons (Fsp3) is 0.455. The van der Waals surface area contributed by atoms with Crippen molar-refractivity contribution in [2.24, 2.45) is 0 Å². The summed E-state index contributed by atoms with van der Waals surface area (Å²) in [5.41, 5.74) is 1.73. The molecule has 2 aromatic heterocycles. The van der Waals surface area contributed by atoms with E-state index in [1.54, 1.807) is 21.6 Å². The van der Waals surface area contributed by atoms with Gasteiger partial charge in [0.05, 0.1) is 22.7 Å². The molecule has 0 spiro atoms. The summed E-state index contributed by atoms with van der Waals surface area (Å²) in [5.74, 6) is 0.433. The Morgan fingerprint density at radius 2 is 2.00 bits per heavy atom. The van der Waals surface area contributed by atoms with Crippen LogP contribution in [0.1, 0.15) is 38.3 Å². The number of rotatable bonds is 4. The maximum absolute atomic E-state index is 13.5. The van der Waals surface area contributed by atoms with Gasteiger partial charge in [0.15, 0.2) is 0 Å². The molecule has 4 heterocycles. The van der Waals surface area contributed by atoms with E-state index < -0.39 is 0 Å². The minimum atomic E-state index is -0.198. The average Bonchev–Trinajstić information content (AvgIpc) is 2.97. The zero-order valence-corrected chi connectivity index (χ0v) is 19.8. The van der Waals surface area contributed by atoms with Gasteiger partial charge in [0.25, 0.3) is 11.5 Å². The maximum atomic E-state index is 13.5. The molecular formula is C22H26N4O3S2. The van der Waals surface area contributed by atoms with Crippen LogP contribution < -0.4 is 10.5 Å². The average molecular weight is 459 g/mol. The molecule has 164 valence electrons. The molecule has 0 bridgehead atoms. The molecule has 0 N–H and O–H groups in total. The van der Waals surface area contributed by atoms with E-state index in [9.17, 15) is 9.59 Å². The number of hydrogen-bond acceptors (Lipinski definition) is 7. The van der Waals surface area contributed by atoms with Crippen LogP contribution in [0.25, 0.3) is 11.7 Å². The van der Waals surface area contributed by atoms with Gasteiger partial charge in [0.2, 0.25) is 0 Å². The maximum Gasteiger partial charge on any atom is 0.267 e. The summed E-state index contributed by atoms with van der Waals surface area (Å²) in [6.45, 7) is 9.78. The number of amides is 1. The van der Waals surface area contributed by atoms with Gasteiger partial charge in [0, 0.05) is 25.8 Å². The van der Waals surface area contributed by atoms with Crippen LogP contribution in [-0.4, -0.2) is 56.4 Å². The van der Waals surface area contributed by atoms with E-state index in [0.29, 0.717) is 45.9 Å². The molecule has 2 aromatic rings. The molecule has 0 aliphatic carbocycles. The van der Waals surface area contributed by atoms with Crippen molar-refractivity contribution >= 4 is 51.7 Å². The van der Waals surface area contributed by atoms with Crippen LogP contribution >= 0.6 is 24.0 Å². The number of ether oxygens (including phenoxy) is 1. The molecule has 1 amide bonds. The predicted octanol–water partition coefficient (Wildman–Crippen LogP) is 3.23. The first-order chi connectivity index (χ1) is 14.8. The Hall–Kier alpha value is -2.23. The highest BCUT2D eigenvalue weighted by Crippen LogP contribution is 2.34. The molecule has 0 aromatic carbocycles. The highest BCUT2D eigenvalue weighted by Gasteiger charge is 2.33. The van der Waals surface area contributed by atoms with E-state index in [0.717, 1.165) is 12.0 Å². The lowest BCUT2D eigenvalue weighted by Gasteiger charge is -2.36. The summed E-state index contributed by atoms with van der Waals surface area (Å²) >= 11 is 6.63. The minimum Gasteiger partial charge on any atom is -0.372 e. The third kappa shape index (κ3) is 4.14. The molecule has 0 unspecified atom stereocenters. The number of nitrogens with zero attached hydrogens (tertiary/aromatic N) is 4. The first-order valence-electron chi connectivity index (χ1n) is 10.5. The second-order valence-electron chi connectivity index (χ2n) is 8.03. The molecule has 2 saturated heterocycles. The predicted molar refractivity (Wildman–Crippen MR) is 129 cm³/mol. The second kappa shape index (κ2) is 8.72. The van der Waals surface area contributed by atoms with Crippen molar-refractivity contribution in [1.29, 1.82) is 0 Å². The van der Waals surface area contributed by atoms with Crippen LogP contribution in [-0.2, 0) is 9.53 Å². The molecule has 0 radical (unpaired) electrons. The number of thioether (sulfide) groups is 1. The molecule has 7 nitrogen and oxygen atoms in total. The van der Waals surface area contributed by atoms with E-state index in [1.807, 2.05) is 39.8 Å². The van der Waals surface area contributed by atoms with Crippen LogP contribution in [0.5, 0.6) is 0 Å². The molecule has 31 heavy (non-hydrogen) atoms. The van der Waals surface area contributed by atoms with Gasteiger partial charge in [-0.3, -0.25) is 18.9 Å². The summed E-state index contributed by atoms with van der Waals surface area (Å²) in [6, 6.07) is 3.76. The van der Waals surface area contributed by atoms with Crippen LogP contribution in [0.15, 0.2) is 28.0 Å². The molecular weight excluding hydrogens is 432 g/mol. The third-order valence-electron chi connectivity index (χ3n) is 5.38. The van der Waals surface area contributed by atoms with E-state index in [4.69, 9.17) is 21.9 Å².